The number of nitrogens with one attached hydrogen (secondary N) is 1. The molecule has 2 aliphatic rings. The molecule has 2 aromatic carbocycles. The molecule has 1 aromatic heterocycles. The zero-order valence-electron chi connectivity index (χ0n) is 17.2. The molecule has 0 radical (unpaired) electrons. The lowest BCUT2D eigenvalue weighted by Crippen LogP contribution is -2.30. The smallest absolute Gasteiger partial charge is 0.195 e. The number of ether oxygens (including phenoxy) is 1. The maximum Gasteiger partial charge on any atom is 0.195 e. The molecule has 0 amide bonds. The molecular weight excluding hydrogens is 380 g/mol. The van der Waals surface area contributed by atoms with Gasteiger partial charge in [0.1, 0.15) is 18.5 Å². The Labute approximate surface area is 174 Å². The zero-order valence-corrected chi connectivity index (χ0v) is 17.2. The molecule has 0 spiro atoms. The van der Waals surface area contributed by atoms with Crippen molar-refractivity contribution in [1.82, 2.24) is 4.98 Å². The van der Waals surface area contributed by atoms with Gasteiger partial charge >= 0.3 is 0 Å². The Morgan fingerprint density at radius 2 is 2.03 bits per heavy atom. The summed E-state index contributed by atoms with van der Waals surface area (Å²) in [5.41, 5.74) is 11.9. The number of nitrogens with two attached hydrogens (primary N) is 1. The number of hydrogen-bond acceptors (Lipinski definition) is 5. The van der Waals surface area contributed by atoms with E-state index in [0.29, 0.717) is 17.2 Å². The highest BCUT2D eigenvalue weighted by atomic mass is 16.5. The maximum absolute atomic E-state index is 13.5. The van der Waals surface area contributed by atoms with Crippen molar-refractivity contribution < 1.29 is 19.7 Å². The van der Waals surface area contributed by atoms with E-state index in [1.807, 2.05) is 18.2 Å². The number of anilines is 1. The van der Waals surface area contributed by atoms with Crippen molar-refractivity contribution in [3.63, 3.8) is 0 Å². The molecule has 5 rings (SSSR count). The fraction of sp³-hybridized carbons (Fsp3) is 0.375. The van der Waals surface area contributed by atoms with E-state index in [0.717, 1.165) is 51.8 Å². The number of hydrogen-bond donors (Lipinski definition) is 4. The third-order valence-corrected chi connectivity index (χ3v) is 6.45. The van der Waals surface area contributed by atoms with Crippen LogP contribution in [0.25, 0.3) is 10.9 Å². The molecule has 0 aliphatic heterocycles. The second-order valence-corrected chi connectivity index (χ2v) is 8.95. The Morgan fingerprint density at radius 3 is 2.73 bits per heavy atom. The van der Waals surface area contributed by atoms with Crippen LogP contribution in [0, 0.1) is 0 Å². The number of benzene rings is 2. The van der Waals surface area contributed by atoms with Gasteiger partial charge in [0.25, 0.3) is 0 Å². The Kier molecular flexibility index (Phi) is 4.21. The van der Waals surface area contributed by atoms with Gasteiger partial charge in [-0.25, -0.2) is 0 Å². The highest BCUT2D eigenvalue weighted by Crippen LogP contribution is 2.50. The number of carbonyl (C=O) groups excluding carboxylic acids is 1. The first kappa shape index (κ1) is 19.2. The summed E-state index contributed by atoms with van der Waals surface area (Å²) in [6.07, 6.45) is 1.32. The van der Waals surface area contributed by atoms with Crippen molar-refractivity contribution in [1.29, 1.82) is 0 Å². The second-order valence-electron chi connectivity index (χ2n) is 8.95. The molecule has 2 aliphatic carbocycles. The van der Waals surface area contributed by atoms with Gasteiger partial charge in [0.2, 0.25) is 0 Å². The minimum absolute atomic E-state index is 0.000892. The molecule has 1 fully saturated rings. The molecule has 0 bridgehead atoms. The Bertz CT molecular complexity index is 1170. The summed E-state index contributed by atoms with van der Waals surface area (Å²) in [5.74, 6) is 1.02. The quantitative estimate of drug-likeness (QED) is 0.487. The van der Waals surface area contributed by atoms with E-state index in [4.69, 9.17) is 15.6 Å². The van der Waals surface area contributed by atoms with Gasteiger partial charge < -0.3 is 25.7 Å². The number of aliphatic hydroxyl groups excluding tert-OH is 2. The fourth-order valence-corrected chi connectivity index (χ4v) is 4.66. The van der Waals surface area contributed by atoms with Gasteiger partial charge in [-0.2, -0.15) is 0 Å². The van der Waals surface area contributed by atoms with E-state index in [1.54, 1.807) is 12.1 Å². The number of aliphatic hydroxyl groups is 2. The van der Waals surface area contributed by atoms with Crippen molar-refractivity contribution in [2.24, 2.45) is 0 Å². The van der Waals surface area contributed by atoms with Gasteiger partial charge in [0.05, 0.1) is 17.7 Å². The molecule has 1 atom stereocenters. The normalized spacial score (nSPS) is 18.2. The van der Waals surface area contributed by atoms with Crippen molar-refractivity contribution >= 4 is 22.4 Å². The SMILES string of the molecule is CC1(C)c2cc(OC[C@H](O)CO)ccc2C(=O)c2c1[nH]c1c(C3CC3)c(N)ccc21. The van der Waals surface area contributed by atoms with Crippen LogP contribution in [0.4, 0.5) is 5.69 Å². The first-order valence-corrected chi connectivity index (χ1v) is 10.4. The van der Waals surface area contributed by atoms with Crippen molar-refractivity contribution in [3.8, 4) is 5.75 Å². The van der Waals surface area contributed by atoms with Crippen LogP contribution < -0.4 is 10.5 Å². The molecule has 1 heterocycles. The number of aromatic amines is 1. The predicted molar refractivity (Wildman–Crippen MR) is 115 cm³/mol. The van der Waals surface area contributed by atoms with E-state index in [9.17, 15) is 9.90 Å². The van der Waals surface area contributed by atoms with Crippen LogP contribution in [0.15, 0.2) is 30.3 Å². The number of H-pyrrole nitrogens is 1. The van der Waals surface area contributed by atoms with Gasteiger partial charge in [-0.15, -0.1) is 0 Å². The molecule has 5 N–H and O–H groups in total. The van der Waals surface area contributed by atoms with Gasteiger partial charge in [-0.3, -0.25) is 4.79 Å². The summed E-state index contributed by atoms with van der Waals surface area (Å²) in [6, 6.07) is 9.27. The van der Waals surface area contributed by atoms with Crippen LogP contribution in [0.1, 0.15) is 65.3 Å². The van der Waals surface area contributed by atoms with Gasteiger partial charge in [0, 0.05) is 33.3 Å². The van der Waals surface area contributed by atoms with Crippen LogP contribution in [0.2, 0.25) is 0 Å². The van der Waals surface area contributed by atoms with Crippen LogP contribution in [0.3, 0.4) is 0 Å². The molecule has 6 heteroatoms. The molecule has 3 aromatic rings. The molecule has 0 saturated heterocycles. The largest absolute Gasteiger partial charge is 0.491 e. The first-order valence-electron chi connectivity index (χ1n) is 10.4. The minimum Gasteiger partial charge on any atom is -0.491 e. The number of aromatic nitrogens is 1. The van der Waals surface area contributed by atoms with Gasteiger partial charge in [0.15, 0.2) is 5.78 Å². The standard InChI is InChI=1S/C24H26N2O4/c1-24(2)17-9-14(30-11-13(28)10-27)5-6-15(17)22(29)20-16-7-8-18(25)19(12-3-4-12)21(16)26-23(20)24/h5-9,12-13,26-28H,3-4,10-11,25H2,1-2H3/t13-/m1/s1. The molecule has 156 valence electrons. The van der Waals surface area contributed by atoms with E-state index in [2.05, 4.69) is 18.8 Å². The Balaban J connectivity index is 1.65. The second kappa shape index (κ2) is 6.59. The lowest BCUT2D eigenvalue weighted by Gasteiger charge is -2.32. The highest BCUT2D eigenvalue weighted by molar-refractivity contribution is 6.20. The van der Waals surface area contributed by atoms with Crippen molar-refractivity contribution in [2.75, 3.05) is 18.9 Å². The highest BCUT2D eigenvalue weighted by Gasteiger charge is 2.41. The lowest BCUT2D eigenvalue weighted by atomic mass is 9.71. The topological polar surface area (TPSA) is 109 Å². The van der Waals surface area contributed by atoms with E-state index < -0.39 is 11.5 Å². The van der Waals surface area contributed by atoms with Crippen LogP contribution in [-0.2, 0) is 5.41 Å². The molecule has 0 unspecified atom stereocenters. The van der Waals surface area contributed by atoms with E-state index in [-0.39, 0.29) is 19.0 Å². The fourth-order valence-electron chi connectivity index (χ4n) is 4.66. The van der Waals surface area contributed by atoms with E-state index >= 15 is 0 Å². The molecule has 1 saturated carbocycles. The van der Waals surface area contributed by atoms with Gasteiger partial charge in [-0.1, -0.05) is 19.9 Å². The summed E-state index contributed by atoms with van der Waals surface area (Å²) >= 11 is 0. The number of carbonyl (C=O) groups is 1. The summed E-state index contributed by atoms with van der Waals surface area (Å²) in [4.78, 5) is 17.1. The number of rotatable bonds is 5. The van der Waals surface area contributed by atoms with Gasteiger partial charge in [-0.05, 0) is 48.6 Å². The lowest BCUT2D eigenvalue weighted by molar-refractivity contribution is 0.0535. The van der Waals surface area contributed by atoms with Crippen LogP contribution in [0.5, 0.6) is 5.75 Å². The number of nitrogen functional groups attached to an aromatic ring is 1. The average molecular weight is 406 g/mol. The molecular formula is C24H26N2O4. The van der Waals surface area contributed by atoms with Crippen LogP contribution in [-0.4, -0.2) is 40.3 Å². The number of fused-ring (bicyclic) bond motifs is 4. The third-order valence-electron chi connectivity index (χ3n) is 6.45. The average Bonchev–Trinajstić information content (AvgIpc) is 3.48. The third kappa shape index (κ3) is 2.75. The predicted octanol–water partition coefficient (Wildman–Crippen LogP) is 3.23. The zero-order chi connectivity index (χ0) is 21.2. The summed E-state index contributed by atoms with van der Waals surface area (Å²) in [7, 11) is 0. The van der Waals surface area contributed by atoms with Crippen molar-refractivity contribution in [3.05, 3.63) is 58.3 Å². The minimum atomic E-state index is -0.942. The molecule has 30 heavy (non-hydrogen) atoms. The first-order chi connectivity index (χ1) is 14.3. The molecule has 6 nitrogen and oxygen atoms in total. The van der Waals surface area contributed by atoms with E-state index in [1.165, 1.54) is 0 Å². The Hall–Kier alpha value is -2.83. The summed E-state index contributed by atoms with van der Waals surface area (Å²) in [5, 5.41) is 19.5. The number of ketones is 1. The monoisotopic (exact) mass is 406 g/mol. The summed E-state index contributed by atoms with van der Waals surface area (Å²) < 4.78 is 5.63. The maximum atomic E-state index is 13.5. The van der Waals surface area contributed by atoms with Crippen LogP contribution >= 0.6 is 0 Å². The Morgan fingerprint density at radius 1 is 1.27 bits per heavy atom. The van der Waals surface area contributed by atoms with Crippen molar-refractivity contribution in [2.45, 2.75) is 44.1 Å². The summed E-state index contributed by atoms with van der Waals surface area (Å²) in [6.45, 7) is 3.82.